The molecule has 0 bridgehead atoms. The van der Waals surface area contributed by atoms with Gasteiger partial charge < -0.3 is 15.2 Å². The Morgan fingerprint density at radius 1 is 0.889 bits per heavy atom. The van der Waals surface area contributed by atoms with Crippen molar-refractivity contribution in [3.63, 3.8) is 0 Å². The molecule has 0 aliphatic rings. The summed E-state index contributed by atoms with van der Waals surface area (Å²) in [5, 5.41) is 0.469. The average molecular weight is 408 g/mol. The SMILES string of the molecule is Cl.NCCOc1ccc(-c2cc(F)ccc2Cl)cc1OCc1ccccc1. The lowest BCUT2D eigenvalue weighted by Crippen LogP contribution is -2.11. The first-order valence-electron chi connectivity index (χ1n) is 8.26. The van der Waals surface area contributed by atoms with Crippen LogP contribution in [0.2, 0.25) is 5.02 Å². The molecule has 142 valence electrons. The van der Waals surface area contributed by atoms with Crippen LogP contribution in [0.1, 0.15) is 5.56 Å². The molecule has 3 nitrogen and oxygen atoms in total. The summed E-state index contributed by atoms with van der Waals surface area (Å²) in [5.74, 6) is 0.794. The van der Waals surface area contributed by atoms with Crippen molar-refractivity contribution in [2.45, 2.75) is 6.61 Å². The maximum Gasteiger partial charge on any atom is 0.162 e. The Morgan fingerprint density at radius 3 is 2.41 bits per heavy atom. The minimum atomic E-state index is -0.348. The molecule has 0 unspecified atom stereocenters. The maximum absolute atomic E-state index is 13.6. The molecule has 0 atom stereocenters. The highest BCUT2D eigenvalue weighted by Gasteiger charge is 2.11. The van der Waals surface area contributed by atoms with Gasteiger partial charge in [0.15, 0.2) is 11.5 Å². The topological polar surface area (TPSA) is 44.5 Å². The van der Waals surface area contributed by atoms with Gasteiger partial charge in [-0.2, -0.15) is 0 Å². The Morgan fingerprint density at radius 2 is 1.67 bits per heavy atom. The third kappa shape index (κ3) is 5.60. The van der Waals surface area contributed by atoms with Gasteiger partial charge >= 0.3 is 0 Å². The van der Waals surface area contributed by atoms with E-state index in [9.17, 15) is 4.39 Å². The van der Waals surface area contributed by atoms with Crippen molar-refractivity contribution in [3.8, 4) is 22.6 Å². The van der Waals surface area contributed by atoms with Gasteiger partial charge in [0.25, 0.3) is 0 Å². The predicted molar refractivity (Wildman–Crippen MR) is 109 cm³/mol. The molecule has 0 saturated carbocycles. The summed E-state index contributed by atoms with van der Waals surface area (Å²) >= 11 is 6.22. The van der Waals surface area contributed by atoms with E-state index in [1.165, 1.54) is 18.2 Å². The van der Waals surface area contributed by atoms with Gasteiger partial charge in [-0.25, -0.2) is 4.39 Å². The molecule has 3 aromatic rings. The largest absolute Gasteiger partial charge is 0.488 e. The van der Waals surface area contributed by atoms with Crippen molar-refractivity contribution < 1.29 is 13.9 Å². The third-order valence-corrected chi connectivity index (χ3v) is 4.13. The van der Waals surface area contributed by atoms with E-state index in [1.54, 1.807) is 12.1 Å². The first kappa shape index (κ1) is 21.0. The normalized spacial score (nSPS) is 10.2. The highest BCUT2D eigenvalue weighted by molar-refractivity contribution is 6.33. The Labute approximate surface area is 169 Å². The highest BCUT2D eigenvalue weighted by Crippen LogP contribution is 2.36. The molecule has 0 heterocycles. The molecule has 0 aliphatic heterocycles. The number of hydrogen-bond acceptors (Lipinski definition) is 3. The van der Waals surface area contributed by atoms with Crippen LogP contribution in [0.3, 0.4) is 0 Å². The molecule has 27 heavy (non-hydrogen) atoms. The maximum atomic E-state index is 13.6. The van der Waals surface area contributed by atoms with Crippen LogP contribution in [0.15, 0.2) is 66.7 Å². The van der Waals surface area contributed by atoms with Crippen molar-refractivity contribution in [2.24, 2.45) is 5.73 Å². The molecule has 0 fully saturated rings. The summed E-state index contributed by atoms with van der Waals surface area (Å²) in [6.07, 6.45) is 0. The molecule has 3 aromatic carbocycles. The van der Waals surface area contributed by atoms with Crippen molar-refractivity contribution in [1.82, 2.24) is 0 Å². The molecule has 2 N–H and O–H groups in total. The van der Waals surface area contributed by atoms with Crippen LogP contribution >= 0.6 is 24.0 Å². The van der Waals surface area contributed by atoms with E-state index < -0.39 is 0 Å². The van der Waals surface area contributed by atoms with Gasteiger partial charge in [-0.15, -0.1) is 12.4 Å². The standard InChI is InChI=1S/C21H19ClFNO2.ClH/c22-19-8-7-17(23)13-18(19)16-6-9-20(25-11-10-24)21(12-16)26-14-15-4-2-1-3-5-15;/h1-9,12-13H,10-11,14,24H2;1H. The Bertz CT molecular complexity index is 875. The first-order valence-corrected chi connectivity index (χ1v) is 8.64. The van der Waals surface area contributed by atoms with Crippen LogP contribution in [0, 0.1) is 5.82 Å². The fraction of sp³-hybridized carbons (Fsp3) is 0.143. The molecule has 0 aliphatic carbocycles. The van der Waals surface area contributed by atoms with E-state index in [2.05, 4.69) is 0 Å². The lowest BCUT2D eigenvalue weighted by molar-refractivity contribution is 0.266. The van der Waals surface area contributed by atoms with Crippen LogP contribution in [0.25, 0.3) is 11.1 Å². The van der Waals surface area contributed by atoms with Crippen molar-refractivity contribution in [3.05, 3.63) is 83.1 Å². The predicted octanol–water partition coefficient (Wildman–Crippen LogP) is 5.48. The van der Waals surface area contributed by atoms with Gasteiger partial charge in [-0.1, -0.05) is 48.0 Å². The minimum absolute atomic E-state index is 0. The number of hydrogen-bond donors (Lipinski definition) is 1. The Kier molecular flexibility index (Phi) is 7.92. The van der Waals surface area contributed by atoms with Crippen molar-refractivity contribution in [1.29, 1.82) is 0 Å². The van der Waals surface area contributed by atoms with Gasteiger partial charge in [-0.05, 0) is 41.5 Å². The minimum Gasteiger partial charge on any atom is -0.488 e. The zero-order valence-corrected chi connectivity index (χ0v) is 16.1. The molecule has 6 heteroatoms. The van der Waals surface area contributed by atoms with Gasteiger partial charge in [0.2, 0.25) is 0 Å². The van der Waals surface area contributed by atoms with Crippen LogP contribution in [0.4, 0.5) is 4.39 Å². The van der Waals surface area contributed by atoms with Gasteiger partial charge in [0.1, 0.15) is 19.0 Å². The van der Waals surface area contributed by atoms with E-state index >= 15 is 0 Å². The number of halogens is 3. The molecule has 0 amide bonds. The quantitative estimate of drug-likeness (QED) is 0.563. The zero-order valence-electron chi connectivity index (χ0n) is 14.5. The Hall–Kier alpha value is -2.27. The van der Waals surface area contributed by atoms with Crippen LogP contribution in [0.5, 0.6) is 11.5 Å². The Balaban J connectivity index is 0.00000261. The van der Waals surface area contributed by atoms with Crippen LogP contribution in [-0.4, -0.2) is 13.2 Å². The summed E-state index contributed by atoms with van der Waals surface area (Å²) in [6, 6.07) is 19.5. The van der Waals surface area contributed by atoms with Gasteiger partial charge in [-0.3, -0.25) is 0 Å². The molecular weight excluding hydrogens is 388 g/mol. The average Bonchev–Trinajstić information content (AvgIpc) is 2.67. The fourth-order valence-electron chi connectivity index (χ4n) is 2.53. The van der Waals surface area contributed by atoms with Crippen molar-refractivity contribution in [2.75, 3.05) is 13.2 Å². The third-order valence-electron chi connectivity index (χ3n) is 3.80. The van der Waals surface area contributed by atoms with E-state index in [1.807, 2.05) is 36.4 Å². The second-order valence-corrected chi connectivity index (χ2v) is 6.10. The lowest BCUT2D eigenvalue weighted by Gasteiger charge is -2.15. The van der Waals surface area contributed by atoms with Crippen LogP contribution in [-0.2, 0) is 6.61 Å². The summed E-state index contributed by atoms with van der Waals surface area (Å²) in [5.41, 5.74) is 7.90. The number of ether oxygens (including phenoxy) is 2. The fourth-order valence-corrected chi connectivity index (χ4v) is 2.76. The first-order chi connectivity index (χ1) is 12.7. The molecule has 0 saturated heterocycles. The second-order valence-electron chi connectivity index (χ2n) is 5.70. The lowest BCUT2D eigenvalue weighted by atomic mass is 10.0. The molecular formula is C21H20Cl2FNO2. The summed E-state index contributed by atoms with van der Waals surface area (Å²) in [6.45, 7) is 1.16. The second kappa shape index (κ2) is 10.2. The number of benzene rings is 3. The highest BCUT2D eigenvalue weighted by atomic mass is 35.5. The smallest absolute Gasteiger partial charge is 0.162 e. The van der Waals surface area contributed by atoms with E-state index in [0.29, 0.717) is 41.8 Å². The van der Waals surface area contributed by atoms with E-state index in [-0.39, 0.29) is 18.2 Å². The van der Waals surface area contributed by atoms with Gasteiger partial charge in [0.05, 0.1) is 0 Å². The van der Waals surface area contributed by atoms with Gasteiger partial charge in [0, 0.05) is 17.1 Å². The van der Waals surface area contributed by atoms with Crippen LogP contribution < -0.4 is 15.2 Å². The summed E-state index contributed by atoms with van der Waals surface area (Å²) in [7, 11) is 0. The summed E-state index contributed by atoms with van der Waals surface area (Å²) < 4.78 is 25.2. The molecule has 0 spiro atoms. The van der Waals surface area contributed by atoms with E-state index in [0.717, 1.165) is 11.1 Å². The van der Waals surface area contributed by atoms with E-state index in [4.69, 9.17) is 26.8 Å². The molecule has 3 rings (SSSR count). The molecule has 0 radical (unpaired) electrons. The number of nitrogens with two attached hydrogens (primary N) is 1. The van der Waals surface area contributed by atoms with Crippen molar-refractivity contribution >= 4 is 24.0 Å². The number of rotatable bonds is 7. The zero-order chi connectivity index (χ0) is 18.4. The summed E-state index contributed by atoms with van der Waals surface area (Å²) in [4.78, 5) is 0. The monoisotopic (exact) mass is 407 g/mol. The molecule has 0 aromatic heterocycles.